The first-order valence-corrected chi connectivity index (χ1v) is 5.54. The third-order valence-electron chi connectivity index (χ3n) is 2.85. The predicted octanol–water partition coefficient (Wildman–Crippen LogP) is 1.88. The highest BCUT2D eigenvalue weighted by Crippen LogP contribution is 2.31. The fourth-order valence-electron chi connectivity index (χ4n) is 2.01. The van der Waals surface area contributed by atoms with Gasteiger partial charge in [-0.1, -0.05) is 30.3 Å². The summed E-state index contributed by atoms with van der Waals surface area (Å²) in [6.07, 6.45) is 2.17. The third kappa shape index (κ3) is 1.94. The van der Waals surface area contributed by atoms with Crippen LogP contribution in [0.3, 0.4) is 0 Å². The van der Waals surface area contributed by atoms with Gasteiger partial charge >= 0.3 is 0 Å². The number of hydrogen-bond donors (Lipinski definition) is 3. The summed E-state index contributed by atoms with van der Waals surface area (Å²) < 4.78 is 0. The van der Waals surface area contributed by atoms with Crippen LogP contribution < -0.4 is 11.3 Å². The zero-order valence-corrected chi connectivity index (χ0v) is 9.81. The molecule has 18 heavy (non-hydrogen) atoms. The second kappa shape index (κ2) is 4.89. The highest BCUT2D eigenvalue weighted by atomic mass is 16.3. The average Bonchev–Trinajstić information content (AvgIpc) is 2.41. The van der Waals surface area contributed by atoms with Gasteiger partial charge in [0.2, 0.25) is 0 Å². The molecule has 2 aromatic rings. The second-order valence-corrected chi connectivity index (χ2v) is 3.94. The first-order chi connectivity index (χ1) is 8.69. The van der Waals surface area contributed by atoms with Crippen molar-refractivity contribution in [2.24, 2.45) is 5.84 Å². The smallest absolute Gasteiger partial charge is 0.268 e. The fourth-order valence-corrected chi connectivity index (χ4v) is 2.01. The van der Waals surface area contributed by atoms with Gasteiger partial charge in [-0.3, -0.25) is 10.2 Å². The molecule has 4 N–H and O–H groups in total. The van der Waals surface area contributed by atoms with Crippen molar-refractivity contribution in [1.82, 2.24) is 5.43 Å². The van der Waals surface area contributed by atoms with Crippen molar-refractivity contribution in [3.05, 3.63) is 54.1 Å². The normalized spacial score (nSPS) is 10.3. The molecule has 0 bridgehead atoms. The third-order valence-corrected chi connectivity index (χ3v) is 2.85. The lowest BCUT2D eigenvalue weighted by molar-refractivity contribution is 0.0951. The molecule has 0 heterocycles. The number of allylic oxidation sites excluding steroid dienone is 1. The fraction of sp³-hybridized carbons (Fsp3) is 0.0714. The van der Waals surface area contributed by atoms with Crippen molar-refractivity contribution >= 4 is 16.7 Å². The number of fused-ring (bicyclic) bond motifs is 1. The second-order valence-electron chi connectivity index (χ2n) is 3.94. The molecule has 0 saturated carbocycles. The van der Waals surface area contributed by atoms with Gasteiger partial charge in [-0.15, -0.1) is 6.58 Å². The number of phenolic OH excluding ortho intramolecular Hbond substituents is 1. The molecule has 2 rings (SSSR count). The van der Waals surface area contributed by atoms with Crippen LogP contribution in [-0.2, 0) is 6.42 Å². The number of aromatic hydroxyl groups is 1. The van der Waals surface area contributed by atoms with E-state index in [1.165, 1.54) is 0 Å². The molecule has 0 unspecified atom stereocenters. The monoisotopic (exact) mass is 242 g/mol. The lowest BCUT2D eigenvalue weighted by Crippen LogP contribution is -2.30. The van der Waals surface area contributed by atoms with E-state index in [1.807, 2.05) is 29.7 Å². The minimum atomic E-state index is -0.511. The summed E-state index contributed by atoms with van der Waals surface area (Å²) in [5.41, 5.74) is 2.89. The van der Waals surface area contributed by atoms with E-state index in [2.05, 4.69) is 6.58 Å². The van der Waals surface area contributed by atoms with Crippen LogP contribution in [-0.4, -0.2) is 11.0 Å². The molecule has 0 aliphatic heterocycles. The Morgan fingerprint density at radius 2 is 2.17 bits per heavy atom. The Morgan fingerprint density at radius 3 is 2.83 bits per heavy atom. The Labute approximate surface area is 105 Å². The van der Waals surface area contributed by atoms with Gasteiger partial charge in [0.1, 0.15) is 5.75 Å². The Balaban J connectivity index is 2.78. The van der Waals surface area contributed by atoms with Crippen LogP contribution in [0, 0.1) is 0 Å². The molecule has 4 heteroatoms. The van der Waals surface area contributed by atoms with Crippen LogP contribution in [0.5, 0.6) is 5.75 Å². The van der Waals surface area contributed by atoms with Gasteiger partial charge in [-0.25, -0.2) is 5.84 Å². The number of phenols is 1. The molecular weight excluding hydrogens is 228 g/mol. The lowest BCUT2D eigenvalue weighted by atomic mass is 9.97. The van der Waals surface area contributed by atoms with Gasteiger partial charge in [-0.2, -0.15) is 0 Å². The largest absolute Gasteiger partial charge is 0.507 e. The minimum absolute atomic E-state index is 0.0449. The van der Waals surface area contributed by atoms with E-state index < -0.39 is 5.91 Å². The molecular formula is C14H14N2O2. The molecule has 0 atom stereocenters. The number of carbonyl (C=O) groups is 1. The number of hydrazine groups is 1. The standard InChI is InChI=1S/C14H14N2O2/c1-2-5-11-10-7-4-3-6-9(10)8-12(13(11)17)14(18)16-15/h2-4,6-8,17H,1,5,15H2,(H,16,18). The van der Waals surface area contributed by atoms with E-state index in [-0.39, 0.29) is 11.3 Å². The Bertz CT molecular complexity index is 620. The van der Waals surface area contributed by atoms with Crippen molar-refractivity contribution in [2.75, 3.05) is 0 Å². The van der Waals surface area contributed by atoms with Crippen molar-refractivity contribution in [3.63, 3.8) is 0 Å². The number of nitrogens with one attached hydrogen (secondary N) is 1. The van der Waals surface area contributed by atoms with Gasteiger partial charge < -0.3 is 5.11 Å². The summed E-state index contributed by atoms with van der Waals surface area (Å²) in [6, 6.07) is 9.17. The van der Waals surface area contributed by atoms with E-state index in [9.17, 15) is 9.90 Å². The number of amides is 1. The highest BCUT2D eigenvalue weighted by molar-refractivity contribution is 6.02. The maximum Gasteiger partial charge on any atom is 0.268 e. The van der Waals surface area contributed by atoms with E-state index in [0.717, 1.165) is 10.8 Å². The average molecular weight is 242 g/mol. The molecule has 1 amide bonds. The van der Waals surface area contributed by atoms with Crippen LogP contribution in [0.2, 0.25) is 0 Å². The van der Waals surface area contributed by atoms with Crippen LogP contribution in [0.25, 0.3) is 10.8 Å². The quantitative estimate of drug-likeness (QED) is 0.333. The van der Waals surface area contributed by atoms with Gasteiger partial charge in [0.15, 0.2) is 0 Å². The Hall–Kier alpha value is -2.33. The zero-order chi connectivity index (χ0) is 13.1. The molecule has 0 spiro atoms. The van der Waals surface area contributed by atoms with E-state index in [1.54, 1.807) is 12.1 Å². The summed E-state index contributed by atoms with van der Waals surface area (Å²) in [7, 11) is 0. The molecule has 2 aromatic carbocycles. The van der Waals surface area contributed by atoms with Gasteiger partial charge in [0.05, 0.1) is 5.56 Å². The lowest BCUT2D eigenvalue weighted by Gasteiger charge is -2.11. The number of benzene rings is 2. The molecule has 92 valence electrons. The van der Waals surface area contributed by atoms with Crippen LogP contribution in [0.4, 0.5) is 0 Å². The molecule has 4 nitrogen and oxygen atoms in total. The number of nitrogens with two attached hydrogens (primary N) is 1. The molecule has 0 fully saturated rings. The Kier molecular flexibility index (Phi) is 3.30. The number of rotatable bonds is 3. The summed E-state index contributed by atoms with van der Waals surface area (Å²) >= 11 is 0. The summed E-state index contributed by atoms with van der Waals surface area (Å²) in [5, 5.41) is 11.9. The van der Waals surface area contributed by atoms with E-state index >= 15 is 0 Å². The van der Waals surface area contributed by atoms with Gasteiger partial charge in [0, 0.05) is 5.56 Å². The zero-order valence-electron chi connectivity index (χ0n) is 9.81. The molecule has 0 aliphatic rings. The minimum Gasteiger partial charge on any atom is -0.507 e. The maximum atomic E-state index is 11.6. The van der Waals surface area contributed by atoms with Gasteiger partial charge in [-0.05, 0) is 23.3 Å². The predicted molar refractivity (Wildman–Crippen MR) is 71.2 cm³/mol. The van der Waals surface area contributed by atoms with Gasteiger partial charge in [0.25, 0.3) is 5.91 Å². The van der Waals surface area contributed by atoms with Crippen molar-refractivity contribution in [3.8, 4) is 5.75 Å². The number of carbonyl (C=O) groups excluding carboxylic acids is 1. The summed E-state index contributed by atoms with van der Waals surface area (Å²) in [6.45, 7) is 3.66. The van der Waals surface area contributed by atoms with Crippen LogP contribution >= 0.6 is 0 Å². The van der Waals surface area contributed by atoms with Crippen molar-refractivity contribution in [1.29, 1.82) is 0 Å². The van der Waals surface area contributed by atoms with Crippen LogP contribution in [0.15, 0.2) is 43.0 Å². The molecule has 0 radical (unpaired) electrons. The molecule has 0 aliphatic carbocycles. The first-order valence-electron chi connectivity index (χ1n) is 5.54. The molecule has 0 saturated heterocycles. The van der Waals surface area contributed by atoms with Crippen LogP contribution in [0.1, 0.15) is 15.9 Å². The summed E-state index contributed by atoms with van der Waals surface area (Å²) in [4.78, 5) is 11.6. The summed E-state index contributed by atoms with van der Waals surface area (Å²) in [5.74, 6) is 4.55. The SMILES string of the molecule is C=CCc1c(O)c(C(=O)NN)cc2ccccc12. The first kappa shape index (κ1) is 12.1. The topological polar surface area (TPSA) is 75.3 Å². The maximum absolute atomic E-state index is 11.6. The number of nitrogen functional groups attached to an aromatic ring is 1. The van der Waals surface area contributed by atoms with E-state index in [4.69, 9.17) is 5.84 Å². The highest BCUT2D eigenvalue weighted by Gasteiger charge is 2.16. The Morgan fingerprint density at radius 1 is 1.44 bits per heavy atom. The van der Waals surface area contributed by atoms with E-state index in [0.29, 0.717) is 12.0 Å². The van der Waals surface area contributed by atoms with Crippen molar-refractivity contribution in [2.45, 2.75) is 6.42 Å². The molecule has 0 aromatic heterocycles. The van der Waals surface area contributed by atoms with Crippen molar-refractivity contribution < 1.29 is 9.90 Å². The number of hydrogen-bond acceptors (Lipinski definition) is 3.